The first-order valence-corrected chi connectivity index (χ1v) is 5.81. The van der Waals surface area contributed by atoms with Gasteiger partial charge in [0, 0.05) is 18.6 Å². The van der Waals surface area contributed by atoms with E-state index in [1.165, 1.54) is 45.2 Å². The van der Waals surface area contributed by atoms with Gasteiger partial charge in [0.2, 0.25) is 0 Å². The van der Waals surface area contributed by atoms with Gasteiger partial charge in [0.1, 0.15) is 0 Å². The maximum atomic E-state index is 6.08. The SMILES string of the molecule is CCN(CC1CCCC1N)C1CC1. The molecule has 13 heavy (non-hydrogen) atoms. The van der Waals surface area contributed by atoms with Crippen LogP contribution in [0, 0.1) is 5.92 Å². The highest BCUT2D eigenvalue weighted by atomic mass is 15.2. The van der Waals surface area contributed by atoms with Crippen LogP contribution in [0.1, 0.15) is 39.0 Å². The molecule has 0 bridgehead atoms. The Labute approximate surface area is 81.5 Å². The molecule has 0 heterocycles. The van der Waals surface area contributed by atoms with Crippen LogP contribution < -0.4 is 5.73 Å². The molecule has 2 N–H and O–H groups in total. The van der Waals surface area contributed by atoms with E-state index >= 15 is 0 Å². The van der Waals surface area contributed by atoms with Crippen molar-refractivity contribution in [1.29, 1.82) is 0 Å². The fourth-order valence-electron chi connectivity index (χ4n) is 2.57. The maximum Gasteiger partial charge on any atom is 0.00964 e. The van der Waals surface area contributed by atoms with E-state index in [-0.39, 0.29) is 0 Å². The summed E-state index contributed by atoms with van der Waals surface area (Å²) in [7, 11) is 0. The standard InChI is InChI=1S/C11H22N2/c1-2-13(10-6-7-10)8-9-4-3-5-11(9)12/h9-11H,2-8,12H2,1H3. The zero-order valence-electron chi connectivity index (χ0n) is 8.71. The van der Waals surface area contributed by atoms with Crippen molar-refractivity contribution in [2.75, 3.05) is 13.1 Å². The summed E-state index contributed by atoms with van der Waals surface area (Å²) in [5.74, 6) is 0.792. The molecule has 0 amide bonds. The molecular weight excluding hydrogens is 160 g/mol. The normalized spacial score (nSPS) is 34.4. The highest BCUT2D eigenvalue weighted by Gasteiger charge is 2.32. The molecule has 0 radical (unpaired) electrons. The van der Waals surface area contributed by atoms with Crippen molar-refractivity contribution < 1.29 is 0 Å². The Bertz CT molecular complexity index is 165. The lowest BCUT2D eigenvalue weighted by molar-refractivity contribution is 0.224. The highest BCUT2D eigenvalue weighted by molar-refractivity contribution is 4.88. The Morgan fingerprint density at radius 2 is 2.00 bits per heavy atom. The third kappa shape index (κ3) is 2.23. The topological polar surface area (TPSA) is 29.3 Å². The summed E-state index contributed by atoms with van der Waals surface area (Å²) in [6.45, 7) is 4.76. The molecule has 0 aromatic heterocycles. The number of nitrogens with two attached hydrogens (primary N) is 1. The molecule has 0 aromatic rings. The monoisotopic (exact) mass is 182 g/mol. The van der Waals surface area contributed by atoms with Crippen molar-refractivity contribution in [2.45, 2.75) is 51.1 Å². The predicted octanol–water partition coefficient (Wildman–Crippen LogP) is 1.60. The smallest absolute Gasteiger partial charge is 0.00964 e. The Hall–Kier alpha value is -0.0800. The van der Waals surface area contributed by atoms with Crippen LogP contribution in [0.5, 0.6) is 0 Å². The van der Waals surface area contributed by atoms with E-state index in [4.69, 9.17) is 5.73 Å². The van der Waals surface area contributed by atoms with Gasteiger partial charge in [0.05, 0.1) is 0 Å². The number of rotatable bonds is 4. The summed E-state index contributed by atoms with van der Waals surface area (Å²) in [5.41, 5.74) is 6.08. The van der Waals surface area contributed by atoms with Gasteiger partial charge in [-0.05, 0) is 38.1 Å². The van der Waals surface area contributed by atoms with Gasteiger partial charge in [-0.25, -0.2) is 0 Å². The zero-order chi connectivity index (χ0) is 9.26. The predicted molar refractivity (Wildman–Crippen MR) is 55.6 cm³/mol. The van der Waals surface area contributed by atoms with Crippen molar-refractivity contribution in [2.24, 2.45) is 11.7 Å². The van der Waals surface area contributed by atoms with Crippen molar-refractivity contribution in [3.63, 3.8) is 0 Å². The fourth-order valence-corrected chi connectivity index (χ4v) is 2.57. The zero-order valence-corrected chi connectivity index (χ0v) is 8.71. The third-order valence-electron chi connectivity index (χ3n) is 3.66. The highest BCUT2D eigenvalue weighted by Crippen LogP contribution is 2.31. The van der Waals surface area contributed by atoms with Gasteiger partial charge in [-0.15, -0.1) is 0 Å². The molecule has 2 fully saturated rings. The Balaban J connectivity index is 1.80. The molecule has 0 aliphatic heterocycles. The van der Waals surface area contributed by atoms with Gasteiger partial charge in [0.15, 0.2) is 0 Å². The molecule has 2 unspecified atom stereocenters. The van der Waals surface area contributed by atoms with Crippen LogP contribution in [-0.2, 0) is 0 Å². The van der Waals surface area contributed by atoms with Crippen LogP contribution in [0.2, 0.25) is 0 Å². The van der Waals surface area contributed by atoms with E-state index < -0.39 is 0 Å². The van der Waals surface area contributed by atoms with Crippen molar-refractivity contribution in [3.05, 3.63) is 0 Å². The largest absolute Gasteiger partial charge is 0.327 e. The lowest BCUT2D eigenvalue weighted by atomic mass is 10.0. The lowest BCUT2D eigenvalue weighted by Gasteiger charge is -2.25. The molecular formula is C11H22N2. The van der Waals surface area contributed by atoms with Crippen molar-refractivity contribution in [3.8, 4) is 0 Å². The summed E-state index contributed by atoms with van der Waals surface area (Å²) < 4.78 is 0. The first kappa shape index (κ1) is 9.47. The van der Waals surface area contributed by atoms with Crippen LogP contribution in [-0.4, -0.2) is 30.1 Å². The molecule has 2 saturated carbocycles. The molecule has 2 nitrogen and oxygen atoms in total. The second-order valence-electron chi connectivity index (χ2n) is 4.67. The molecule has 0 spiro atoms. The average molecular weight is 182 g/mol. The quantitative estimate of drug-likeness (QED) is 0.715. The summed E-state index contributed by atoms with van der Waals surface area (Å²) in [4.78, 5) is 2.63. The molecule has 2 aliphatic rings. The van der Waals surface area contributed by atoms with E-state index in [2.05, 4.69) is 11.8 Å². The van der Waals surface area contributed by atoms with Gasteiger partial charge in [-0.3, -0.25) is 0 Å². The number of hydrogen-bond donors (Lipinski definition) is 1. The summed E-state index contributed by atoms with van der Waals surface area (Å²) in [6, 6.07) is 1.41. The van der Waals surface area contributed by atoms with Crippen LogP contribution >= 0.6 is 0 Å². The fraction of sp³-hybridized carbons (Fsp3) is 1.00. The minimum absolute atomic E-state index is 0.493. The molecule has 76 valence electrons. The van der Waals surface area contributed by atoms with Crippen molar-refractivity contribution >= 4 is 0 Å². The third-order valence-corrected chi connectivity index (χ3v) is 3.66. The Morgan fingerprint density at radius 1 is 1.23 bits per heavy atom. The van der Waals surface area contributed by atoms with Gasteiger partial charge in [-0.2, -0.15) is 0 Å². The Morgan fingerprint density at radius 3 is 2.46 bits per heavy atom. The minimum atomic E-state index is 0.493. The first-order valence-electron chi connectivity index (χ1n) is 5.81. The van der Waals surface area contributed by atoms with Crippen LogP contribution in [0.4, 0.5) is 0 Å². The second-order valence-corrected chi connectivity index (χ2v) is 4.67. The van der Waals surface area contributed by atoms with Crippen LogP contribution in [0.15, 0.2) is 0 Å². The molecule has 2 aliphatic carbocycles. The van der Waals surface area contributed by atoms with E-state index in [1.54, 1.807) is 0 Å². The molecule has 2 heteroatoms. The lowest BCUT2D eigenvalue weighted by Crippen LogP contribution is -2.37. The maximum absolute atomic E-state index is 6.08. The van der Waals surface area contributed by atoms with Gasteiger partial charge < -0.3 is 10.6 Å². The van der Waals surface area contributed by atoms with E-state index in [1.807, 2.05) is 0 Å². The van der Waals surface area contributed by atoms with E-state index in [0.29, 0.717) is 6.04 Å². The first-order chi connectivity index (χ1) is 6.31. The number of hydrogen-bond acceptors (Lipinski definition) is 2. The Kier molecular flexibility index (Phi) is 2.89. The summed E-state index contributed by atoms with van der Waals surface area (Å²) in [5, 5.41) is 0. The van der Waals surface area contributed by atoms with Gasteiger partial charge >= 0.3 is 0 Å². The summed E-state index contributed by atoms with van der Waals surface area (Å²) in [6.07, 6.45) is 6.83. The average Bonchev–Trinajstić information content (AvgIpc) is 2.88. The minimum Gasteiger partial charge on any atom is -0.327 e. The molecule has 2 rings (SSSR count). The molecule has 0 aromatic carbocycles. The van der Waals surface area contributed by atoms with Gasteiger partial charge in [-0.1, -0.05) is 13.3 Å². The van der Waals surface area contributed by atoms with Crippen LogP contribution in [0.3, 0.4) is 0 Å². The van der Waals surface area contributed by atoms with E-state index in [0.717, 1.165) is 12.0 Å². The second kappa shape index (κ2) is 3.97. The van der Waals surface area contributed by atoms with Crippen molar-refractivity contribution in [1.82, 2.24) is 4.90 Å². The van der Waals surface area contributed by atoms with Crippen LogP contribution in [0.25, 0.3) is 0 Å². The summed E-state index contributed by atoms with van der Waals surface area (Å²) >= 11 is 0. The number of nitrogens with zero attached hydrogens (tertiary/aromatic N) is 1. The van der Waals surface area contributed by atoms with E-state index in [9.17, 15) is 0 Å². The van der Waals surface area contributed by atoms with Gasteiger partial charge in [0.25, 0.3) is 0 Å². The molecule has 0 saturated heterocycles. The molecule has 2 atom stereocenters.